The van der Waals surface area contributed by atoms with Gasteiger partial charge in [0.25, 0.3) is 0 Å². The molecule has 0 bridgehead atoms. The Morgan fingerprint density at radius 1 is 0.708 bits per heavy atom. The van der Waals surface area contributed by atoms with E-state index in [0.29, 0.717) is 0 Å². The Hall–Kier alpha value is -3.13. The van der Waals surface area contributed by atoms with Gasteiger partial charge in [0.15, 0.2) is 0 Å². The molecule has 0 aliphatic carbocycles. The molecule has 2 nitrogen and oxygen atoms in total. The van der Waals surface area contributed by atoms with Crippen LogP contribution in [-0.4, -0.2) is 9.55 Å². The van der Waals surface area contributed by atoms with Crippen molar-refractivity contribution in [3.05, 3.63) is 78.9 Å². The summed E-state index contributed by atoms with van der Waals surface area (Å²) >= 11 is 0. The lowest BCUT2D eigenvalue weighted by molar-refractivity contribution is 0.961. The van der Waals surface area contributed by atoms with Gasteiger partial charge in [-0.15, -0.1) is 0 Å². The third-order valence-corrected chi connectivity index (χ3v) is 4.80. The predicted octanol–water partition coefficient (Wildman–Crippen LogP) is 5.55. The number of rotatable bonds is 1. The standard InChI is InChI=1S/C22H16N2/c1-24-21-13-7-6-12-20(21)23-22(24)19-14-15-8-2-3-9-16(15)17-10-4-5-11-18(17)19/h2-14H,1H3. The van der Waals surface area contributed by atoms with Gasteiger partial charge >= 0.3 is 0 Å². The lowest BCUT2D eigenvalue weighted by Crippen LogP contribution is -1.94. The first-order valence-corrected chi connectivity index (χ1v) is 8.15. The highest BCUT2D eigenvalue weighted by atomic mass is 15.1. The molecule has 0 amide bonds. The van der Waals surface area contributed by atoms with E-state index in [9.17, 15) is 0 Å². The van der Waals surface area contributed by atoms with Crippen molar-refractivity contribution in [2.24, 2.45) is 7.05 Å². The molecule has 2 heteroatoms. The molecule has 0 saturated heterocycles. The second-order valence-corrected chi connectivity index (χ2v) is 6.17. The van der Waals surface area contributed by atoms with Crippen molar-refractivity contribution in [1.82, 2.24) is 9.55 Å². The average molecular weight is 308 g/mol. The van der Waals surface area contributed by atoms with Crippen LogP contribution in [0.5, 0.6) is 0 Å². The van der Waals surface area contributed by atoms with Crippen molar-refractivity contribution in [2.75, 3.05) is 0 Å². The van der Waals surface area contributed by atoms with Gasteiger partial charge in [0.1, 0.15) is 5.82 Å². The van der Waals surface area contributed by atoms with Gasteiger partial charge in [-0.2, -0.15) is 0 Å². The second kappa shape index (κ2) is 4.93. The Bertz CT molecular complexity index is 1210. The minimum Gasteiger partial charge on any atom is -0.327 e. The minimum atomic E-state index is 1.01. The lowest BCUT2D eigenvalue weighted by Gasteiger charge is -2.10. The highest BCUT2D eigenvalue weighted by Gasteiger charge is 2.14. The van der Waals surface area contributed by atoms with Crippen LogP contribution >= 0.6 is 0 Å². The Balaban J connectivity index is 1.95. The van der Waals surface area contributed by atoms with Crippen molar-refractivity contribution in [3.63, 3.8) is 0 Å². The van der Waals surface area contributed by atoms with Gasteiger partial charge in [-0.25, -0.2) is 4.98 Å². The Morgan fingerprint density at radius 3 is 2.21 bits per heavy atom. The summed E-state index contributed by atoms with van der Waals surface area (Å²) < 4.78 is 2.19. The summed E-state index contributed by atoms with van der Waals surface area (Å²) in [6.07, 6.45) is 0. The Labute approximate surface area is 140 Å². The monoisotopic (exact) mass is 308 g/mol. The van der Waals surface area contributed by atoms with Gasteiger partial charge in [0.2, 0.25) is 0 Å². The lowest BCUT2D eigenvalue weighted by atomic mass is 9.97. The van der Waals surface area contributed by atoms with Gasteiger partial charge < -0.3 is 4.57 Å². The van der Waals surface area contributed by atoms with E-state index in [-0.39, 0.29) is 0 Å². The predicted molar refractivity (Wildman–Crippen MR) is 101 cm³/mol. The summed E-state index contributed by atoms with van der Waals surface area (Å²) in [6, 6.07) is 27.7. The second-order valence-electron chi connectivity index (χ2n) is 6.17. The van der Waals surface area contributed by atoms with Crippen molar-refractivity contribution < 1.29 is 0 Å². The topological polar surface area (TPSA) is 17.8 Å². The molecular weight excluding hydrogens is 292 g/mol. The molecule has 0 N–H and O–H groups in total. The van der Waals surface area contributed by atoms with Crippen LogP contribution in [-0.2, 0) is 7.05 Å². The molecule has 4 aromatic carbocycles. The van der Waals surface area contributed by atoms with E-state index >= 15 is 0 Å². The molecule has 0 spiro atoms. The van der Waals surface area contributed by atoms with Gasteiger partial charge in [-0.1, -0.05) is 60.7 Å². The number of nitrogens with zero attached hydrogens (tertiary/aromatic N) is 2. The highest BCUT2D eigenvalue weighted by Crippen LogP contribution is 2.35. The zero-order valence-electron chi connectivity index (χ0n) is 13.4. The molecule has 0 saturated carbocycles. The number of hydrogen-bond donors (Lipinski definition) is 0. The summed E-state index contributed by atoms with van der Waals surface area (Å²) in [4.78, 5) is 4.90. The van der Waals surface area contributed by atoms with Crippen LogP contribution in [0.3, 0.4) is 0 Å². The first-order chi connectivity index (χ1) is 11.8. The largest absolute Gasteiger partial charge is 0.327 e. The molecule has 0 radical (unpaired) electrons. The fraction of sp³-hybridized carbons (Fsp3) is 0.0455. The molecule has 5 aromatic rings. The third kappa shape index (κ3) is 1.80. The molecule has 0 atom stereocenters. The first-order valence-electron chi connectivity index (χ1n) is 8.15. The maximum atomic E-state index is 4.90. The fourth-order valence-corrected chi connectivity index (χ4v) is 3.63. The smallest absolute Gasteiger partial charge is 0.141 e. The zero-order chi connectivity index (χ0) is 16.1. The number of para-hydroxylation sites is 2. The molecule has 114 valence electrons. The van der Waals surface area contributed by atoms with E-state index in [1.807, 2.05) is 6.07 Å². The molecule has 24 heavy (non-hydrogen) atoms. The quantitative estimate of drug-likeness (QED) is 0.371. The van der Waals surface area contributed by atoms with E-state index < -0.39 is 0 Å². The molecular formula is C22H16N2. The van der Waals surface area contributed by atoms with Gasteiger partial charge in [-0.3, -0.25) is 0 Å². The number of imidazole rings is 1. The minimum absolute atomic E-state index is 1.01. The van der Waals surface area contributed by atoms with Crippen molar-refractivity contribution in [1.29, 1.82) is 0 Å². The van der Waals surface area contributed by atoms with E-state index in [1.54, 1.807) is 0 Å². The van der Waals surface area contributed by atoms with E-state index in [0.717, 1.165) is 16.9 Å². The number of aryl methyl sites for hydroxylation is 1. The van der Waals surface area contributed by atoms with Crippen LogP contribution in [0.1, 0.15) is 0 Å². The van der Waals surface area contributed by atoms with Crippen LogP contribution in [0.4, 0.5) is 0 Å². The van der Waals surface area contributed by atoms with Gasteiger partial charge in [0.05, 0.1) is 11.0 Å². The van der Waals surface area contributed by atoms with Crippen LogP contribution in [0.25, 0.3) is 44.0 Å². The molecule has 0 aliphatic rings. The summed E-state index contributed by atoms with van der Waals surface area (Å²) in [5.74, 6) is 1.01. The molecule has 0 fully saturated rings. The number of aromatic nitrogens is 2. The number of hydrogen-bond acceptors (Lipinski definition) is 1. The fourth-order valence-electron chi connectivity index (χ4n) is 3.63. The van der Waals surface area contributed by atoms with Crippen LogP contribution in [0.2, 0.25) is 0 Å². The first kappa shape index (κ1) is 13.3. The van der Waals surface area contributed by atoms with E-state index in [4.69, 9.17) is 4.98 Å². The number of fused-ring (bicyclic) bond motifs is 4. The van der Waals surface area contributed by atoms with Gasteiger partial charge in [0, 0.05) is 12.6 Å². The zero-order valence-corrected chi connectivity index (χ0v) is 13.4. The SMILES string of the molecule is Cn1c(-c2cc3ccccc3c3ccccc23)nc2ccccc21. The highest BCUT2D eigenvalue weighted by molar-refractivity contribution is 6.13. The molecule has 1 aromatic heterocycles. The summed E-state index contributed by atoms with van der Waals surface area (Å²) in [5, 5.41) is 5.06. The maximum absolute atomic E-state index is 4.90. The van der Waals surface area contributed by atoms with Crippen LogP contribution in [0.15, 0.2) is 78.9 Å². The Morgan fingerprint density at radius 2 is 1.38 bits per heavy atom. The molecule has 0 unspecified atom stereocenters. The van der Waals surface area contributed by atoms with Crippen LogP contribution < -0.4 is 0 Å². The summed E-state index contributed by atoms with van der Waals surface area (Å²) in [7, 11) is 2.09. The third-order valence-electron chi connectivity index (χ3n) is 4.80. The van der Waals surface area contributed by atoms with E-state index in [2.05, 4.69) is 84.4 Å². The Kier molecular flexibility index (Phi) is 2.74. The van der Waals surface area contributed by atoms with Crippen molar-refractivity contribution in [2.45, 2.75) is 0 Å². The molecule has 1 heterocycles. The van der Waals surface area contributed by atoms with Crippen LogP contribution in [0, 0.1) is 0 Å². The molecule has 0 aliphatic heterocycles. The summed E-state index contributed by atoms with van der Waals surface area (Å²) in [5.41, 5.74) is 3.37. The van der Waals surface area contributed by atoms with Crippen molar-refractivity contribution >= 4 is 32.6 Å². The molecule has 5 rings (SSSR count). The van der Waals surface area contributed by atoms with E-state index in [1.165, 1.54) is 27.1 Å². The maximum Gasteiger partial charge on any atom is 0.141 e. The average Bonchev–Trinajstić information content (AvgIpc) is 2.98. The van der Waals surface area contributed by atoms with Crippen molar-refractivity contribution in [3.8, 4) is 11.4 Å². The van der Waals surface area contributed by atoms with Gasteiger partial charge in [-0.05, 0) is 39.7 Å². The number of benzene rings is 4. The normalized spacial score (nSPS) is 11.5. The summed E-state index contributed by atoms with van der Waals surface area (Å²) in [6.45, 7) is 0.